The van der Waals surface area contributed by atoms with E-state index in [4.69, 9.17) is 18.9 Å². The zero-order valence-electron chi connectivity index (χ0n) is 18.0. The lowest BCUT2D eigenvalue weighted by Gasteiger charge is -2.19. The maximum absolute atomic E-state index is 12.8. The Balaban J connectivity index is 1.46. The van der Waals surface area contributed by atoms with Crippen molar-refractivity contribution in [3.63, 3.8) is 0 Å². The molecule has 0 bridgehead atoms. The molecule has 1 heterocycles. The van der Waals surface area contributed by atoms with Crippen LogP contribution in [-0.2, 0) is 10.0 Å². The molecule has 10 heteroatoms. The van der Waals surface area contributed by atoms with Crippen LogP contribution in [-0.4, -0.2) is 41.8 Å². The molecule has 0 saturated heterocycles. The van der Waals surface area contributed by atoms with E-state index in [1.165, 1.54) is 26.4 Å². The maximum atomic E-state index is 12.8. The smallest absolute Gasteiger partial charge is 0.262 e. The van der Waals surface area contributed by atoms with E-state index in [-0.39, 0.29) is 10.8 Å². The van der Waals surface area contributed by atoms with Crippen molar-refractivity contribution in [2.45, 2.75) is 4.90 Å². The van der Waals surface area contributed by atoms with Gasteiger partial charge in [-0.25, -0.2) is 8.42 Å². The normalized spacial score (nSPS) is 12.5. The van der Waals surface area contributed by atoms with Crippen molar-refractivity contribution in [3.05, 3.63) is 66.2 Å². The van der Waals surface area contributed by atoms with Crippen molar-refractivity contribution in [3.8, 4) is 23.0 Å². The lowest BCUT2D eigenvalue weighted by molar-refractivity contribution is 0.102. The van der Waals surface area contributed by atoms with Gasteiger partial charge in [0.15, 0.2) is 11.5 Å². The average molecular weight is 471 g/mol. The summed E-state index contributed by atoms with van der Waals surface area (Å²) in [5.74, 6) is 1.46. The van der Waals surface area contributed by atoms with E-state index >= 15 is 0 Å². The Bertz CT molecular complexity index is 1270. The number of amides is 1. The Morgan fingerprint density at radius 3 is 2.24 bits per heavy atom. The molecule has 0 aromatic heterocycles. The van der Waals surface area contributed by atoms with Gasteiger partial charge in [0.25, 0.3) is 15.9 Å². The molecular weight excluding hydrogens is 448 g/mol. The van der Waals surface area contributed by atoms with Crippen LogP contribution in [0.15, 0.2) is 65.6 Å². The second-order valence-electron chi connectivity index (χ2n) is 7.01. The summed E-state index contributed by atoms with van der Waals surface area (Å²) in [7, 11) is -0.850. The van der Waals surface area contributed by atoms with Gasteiger partial charge in [0.2, 0.25) is 0 Å². The number of sulfonamides is 1. The first-order valence-electron chi connectivity index (χ1n) is 9.95. The van der Waals surface area contributed by atoms with Crippen LogP contribution in [0.2, 0.25) is 0 Å². The van der Waals surface area contributed by atoms with Crippen LogP contribution in [0, 0.1) is 0 Å². The lowest BCUT2D eigenvalue weighted by atomic mass is 10.1. The van der Waals surface area contributed by atoms with E-state index in [0.29, 0.717) is 53.2 Å². The molecule has 0 saturated carbocycles. The number of hydrogen-bond acceptors (Lipinski definition) is 7. The van der Waals surface area contributed by atoms with Gasteiger partial charge in [-0.1, -0.05) is 0 Å². The van der Waals surface area contributed by atoms with Gasteiger partial charge in [0.05, 0.1) is 24.7 Å². The first-order chi connectivity index (χ1) is 15.9. The van der Waals surface area contributed by atoms with E-state index in [2.05, 4.69) is 10.0 Å². The van der Waals surface area contributed by atoms with Crippen molar-refractivity contribution in [1.29, 1.82) is 0 Å². The Morgan fingerprint density at radius 1 is 0.848 bits per heavy atom. The minimum absolute atomic E-state index is 0.0516. The molecule has 0 unspecified atom stereocenters. The third-order valence-corrected chi connectivity index (χ3v) is 6.25. The van der Waals surface area contributed by atoms with Crippen molar-refractivity contribution in [2.24, 2.45) is 0 Å². The predicted molar refractivity (Wildman–Crippen MR) is 122 cm³/mol. The molecule has 3 aromatic carbocycles. The van der Waals surface area contributed by atoms with Gasteiger partial charge in [-0.05, 0) is 48.5 Å². The third kappa shape index (κ3) is 4.96. The molecule has 0 radical (unpaired) electrons. The van der Waals surface area contributed by atoms with Gasteiger partial charge in [-0.2, -0.15) is 0 Å². The molecule has 9 nitrogen and oxygen atoms in total. The quantitative estimate of drug-likeness (QED) is 0.543. The van der Waals surface area contributed by atoms with Crippen LogP contribution < -0.4 is 29.0 Å². The summed E-state index contributed by atoms with van der Waals surface area (Å²) in [6.07, 6.45) is 0. The molecule has 1 aliphatic rings. The maximum Gasteiger partial charge on any atom is 0.262 e. The first-order valence-corrected chi connectivity index (χ1v) is 11.4. The number of benzene rings is 3. The third-order valence-electron chi connectivity index (χ3n) is 4.87. The van der Waals surface area contributed by atoms with Gasteiger partial charge in [0, 0.05) is 23.5 Å². The monoisotopic (exact) mass is 470 g/mol. The molecule has 1 amide bonds. The lowest BCUT2D eigenvalue weighted by Crippen LogP contribution is -2.17. The van der Waals surface area contributed by atoms with Crippen molar-refractivity contribution in [2.75, 3.05) is 37.5 Å². The van der Waals surface area contributed by atoms with Gasteiger partial charge < -0.3 is 24.3 Å². The Hall–Kier alpha value is -3.92. The van der Waals surface area contributed by atoms with Gasteiger partial charge in [-0.15, -0.1) is 0 Å². The minimum atomic E-state index is -3.84. The topological polar surface area (TPSA) is 112 Å². The van der Waals surface area contributed by atoms with Crippen LogP contribution in [0.1, 0.15) is 10.4 Å². The first kappa shape index (κ1) is 22.3. The number of methoxy groups -OCH3 is 2. The Labute approximate surface area is 191 Å². The number of carbonyl (C=O) groups is 1. The SMILES string of the molecule is COc1ccc(C(=O)Nc2ccc(NS(=O)(=O)c3ccc4c(c3)OCCO4)cc2)c(OC)c1. The number of hydrogen-bond donors (Lipinski definition) is 2. The number of anilines is 2. The highest BCUT2D eigenvalue weighted by molar-refractivity contribution is 7.92. The van der Waals surface area contributed by atoms with Gasteiger partial charge in [-0.3, -0.25) is 9.52 Å². The molecule has 2 N–H and O–H groups in total. The van der Waals surface area contributed by atoms with E-state index in [1.54, 1.807) is 48.5 Å². The van der Waals surface area contributed by atoms with Crippen LogP contribution in [0.4, 0.5) is 11.4 Å². The standard InChI is InChI=1S/C23H22N2O7S/c1-29-17-7-9-19(21(13-17)30-2)23(26)24-15-3-5-16(6-4-15)25-33(27,28)18-8-10-20-22(14-18)32-12-11-31-20/h3-10,13-14,25H,11-12H2,1-2H3,(H,24,26). The summed E-state index contributed by atoms with van der Waals surface area (Å²) in [5.41, 5.74) is 1.16. The molecular formula is C23H22N2O7S. The molecule has 172 valence electrons. The fourth-order valence-corrected chi connectivity index (χ4v) is 4.28. The van der Waals surface area contributed by atoms with Crippen LogP contribution in [0.25, 0.3) is 0 Å². The van der Waals surface area contributed by atoms with Gasteiger partial charge >= 0.3 is 0 Å². The highest BCUT2D eigenvalue weighted by Gasteiger charge is 2.20. The van der Waals surface area contributed by atoms with E-state index in [1.807, 2.05) is 0 Å². The summed E-state index contributed by atoms with van der Waals surface area (Å²) in [4.78, 5) is 12.7. The van der Waals surface area contributed by atoms with E-state index in [9.17, 15) is 13.2 Å². The summed E-state index contributed by atoms with van der Waals surface area (Å²) in [5, 5.41) is 2.76. The molecule has 0 spiro atoms. The number of fused-ring (bicyclic) bond motifs is 1. The number of carbonyl (C=O) groups excluding carboxylic acids is 1. The second-order valence-corrected chi connectivity index (χ2v) is 8.69. The molecule has 0 aliphatic carbocycles. The van der Waals surface area contributed by atoms with E-state index < -0.39 is 10.0 Å². The number of nitrogens with one attached hydrogen (secondary N) is 2. The zero-order chi connectivity index (χ0) is 23.4. The van der Waals surface area contributed by atoms with E-state index in [0.717, 1.165) is 0 Å². The molecule has 33 heavy (non-hydrogen) atoms. The fourth-order valence-electron chi connectivity index (χ4n) is 3.21. The predicted octanol–water partition coefficient (Wildman–Crippen LogP) is 3.53. The number of rotatable bonds is 7. The highest BCUT2D eigenvalue weighted by atomic mass is 32.2. The summed E-state index contributed by atoms with van der Waals surface area (Å²) >= 11 is 0. The molecule has 3 aromatic rings. The largest absolute Gasteiger partial charge is 0.497 e. The van der Waals surface area contributed by atoms with Crippen LogP contribution in [0.3, 0.4) is 0 Å². The molecule has 4 rings (SSSR count). The summed E-state index contributed by atoms with van der Waals surface area (Å²) in [6.45, 7) is 0.783. The average Bonchev–Trinajstić information content (AvgIpc) is 2.84. The van der Waals surface area contributed by atoms with Crippen molar-refractivity contribution in [1.82, 2.24) is 0 Å². The fraction of sp³-hybridized carbons (Fsp3) is 0.174. The summed E-state index contributed by atoms with van der Waals surface area (Å²) in [6, 6.07) is 15.6. The van der Waals surface area contributed by atoms with Crippen LogP contribution >= 0.6 is 0 Å². The Morgan fingerprint density at radius 2 is 1.55 bits per heavy atom. The second kappa shape index (κ2) is 9.29. The summed E-state index contributed by atoms with van der Waals surface area (Å²) < 4.78 is 49.3. The highest BCUT2D eigenvalue weighted by Crippen LogP contribution is 2.33. The molecule has 0 atom stereocenters. The minimum Gasteiger partial charge on any atom is -0.497 e. The van der Waals surface area contributed by atoms with Crippen molar-refractivity contribution >= 4 is 27.3 Å². The van der Waals surface area contributed by atoms with Crippen LogP contribution in [0.5, 0.6) is 23.0 Å². The molecule has 1 aliphatic heterocycles. The molecule has 0 fully saturated rings. The Kier molecular flexibility index (Phi) is 6.27. The van der Waals surface area contributed by atoms with Crippen molar-refractivity contribution < 1.29 is 32.2 Å². The zero-order valence-corrected chi connectivity index (χ0v) is 18.8. The van der Waals surface area contributed by atoms with Gasteiger partial charge in [0.1, 0.15) is 24.7 Å². The number of ether oxygens (including phenoxy) is 4.